The second kappa shape index (κ2) is 7.64. The Bertz CT molecular complexity index is 742. The number of aliphatic hydroxyl groups is 1. The topological polar surface area (TPSA) is 29.5 Å². The summed E-state index contributed by atoms with van der Waals surface area (Å²) >= 11 is 0. The van der Waals surface area contributed by atoms with Crippen LogP contribution < -0.4 is 4.74 Å². The molecule has 2 nitrogen and oxygen atoms in total. The van der Waals surface area contributed by atoms with Gasteiger partial charge >= 0.3 is 35.8 Å². The zero-order valence-electron chi connectivity index (χ0n) is 14.4. The molecule has 1 unspecified atom stereocenters. The lowest BCUT2D eigenvalue weighted by molar-refractivity contribution is -0.444. The number of ether oxygens (including phenoxy) is 1. The van der Waals surface area contributed by atoms with Gasteiger partial charge in [-0.3, -0.25) is 0 Å². The van der Waals surface area contributed by atoms with Crippen molar-refractivity contribution in [3.8, 4) is 5.75 Å². The van der Waals surface area contributed by atoms with Crippen LogP contribution in [-0.4, -0.2) is 47.5 Å². The van der Waals surface area contributed by atoms with Gasteiger partial charge in [0.15, 0.2) is 0 Å². The van der Waals surface area contributed by atoms with Crippen molar-refractivity contribution in [2.75, 3.05) is 6.61 Å². The summed E-state index contributed by atoms with van der Waals surface area (Å²) in [5, 5.41) is 9.39. The first-order valence-corrected chi connectivity index (χ1v) is 7.56. The third-order valence-electron chi connectivity index (χ3n) is 3.79. The number of aliphatic hydroxyl groups excluding tert-OH is 1. The Kier molecular flexibility index (Phi) is 6.65. The van der Waals surface area contributed by atoms with Gasteiger partial charge in [-0.05, 0) is 24.6 Å². The highest BCUT2D eigenvalue weighted by molar-refractivity contribution is 5.31. The number of rotatable bonds is 8. The van der Waals surface area contributed by atoms with Crippen molar-refractivity contribution in [2.24, 2.45) is 0 Å². The molecule has 174 valence electrons. The quantitative estimate of drug-likeness (QED) is 0.483. The monoisotopic (exact) mass is 470 g/mol. The summed E-state index contributed by atoms with van der Waals surface area (Å²) in [7, 11) is 0. The molecule has 0 fully saturated rings. The second-order valence-electron chi connectivity index (χ2n) is 5.83. The molecule has 0 aliphatic carbocycles. The Balaban J connectivity index is 3.50. The molecule has 0 bridgehead atoms. The van der Waals surface area contributed by atoms with Crippen LogP contribution in [0, 0.1) is 0 Å². The van der Waals surface area contributed by atoms with Crippen LogP contribution in [-0.2, 0) is 0 Å². The van der Waals surface area contributed by atoms with E-state index in [0.29, 0.717) is 12.1 Å². The van der Waals surface area contributed by atoms with Gasteiger partial charge in [-0.2, -0.15) is 57.1 Å². The lowest BCUT2D eigenvalue weighted by Crippen LogP contribution is -2.70. The van der Waals surface area contributed by atoms with Gasteiger partial charge in [-0.25, -0.2) is 0 Å². The molecule has 1 atom stereocenters. The van der Waals surface area contributed by atoms with Crippen LogP contribution in [0.1, 0.15) is 18.6 Å². The van der Waals surface area contributed by atoms with Crippen LogP contribution in [0.4, 0.5) is 57.1 Å². The van der Waals surface area contributed by atoms with Crippen LogP contribution in [0.2, 0.25) is 0 Å². The van der Waals surface area contributed by atoms with Crippen molar-refractivity contribution in [3.63, 3.8) is 0 Å². The van der Waals surface area contributed by atoms with Crippen molar-refractivity contribution in [1.29, 1.82) is 0 Å². The number of alkyl halides is 13. The predicted octanol–water partition coefficient (Wildman–Crippen LogP) is 5.86. The van der Waals surface area contributed by atoms with Gasteiger partial charge in [0.25, 0.3) is 0 Å². The van der Waals surface area contributed by atoms with Crippen molar-refractivity contribution in [1.82, 2.24) is 0 Å². The molecule has 1 aromatic carbocycles. The molecule has 1 aromatic rings. The summed E-state index contributed by atoms with van der Waals surface area (Å²) in [5.41, 5.74) is -1.30. The molecule has 0 spiro atoms. The van der Waals surface area contributed by atoms with Gasteiger partial charge in [0.2, 0.25) is 0 Å². The van der Waals surface area contributed by atoms with E-state index in [2.05, 4.69) is 0 Å². The van der Waals surface area contributed by atoms with E-state index in [1.54, 1.807) is 0 Å². The first-order valence-electron chi connectivity index (χ1n) is 7.56. The Hall–Kier alpha value is -1.93. The van der Waals surface area contributed by atoms with E-state index in [4.69, 9.17) is 4.74 Å². The standard InChI is InChI=1S/C15H11F13O2/c1-2-30-8-5-3-4-7(6-8)9(29)10(16,17)11(18,19)12(20,21)13(22,23)14(24,25)15(26,27)28/h3-6,9,29H,2H2,1H3. The van der Waals surface area contributed by atoms with Crippen LogP contribution in [0.15, 0.2) is 24.3 Å². The van der Waals surface area contributed by atoms with Crippen LogP contribution in [0.25, 0.3) is 0 Å². The third kappa shape index (κ3) is 3.75. The van der Waals surface area contributed by atoms with E-state index in [1.807, 2.05) is 0 Å². The molecule has 0 heterocycles. The average molecular weight is 470 g/mol. The maximum atomic E-state index is 13.9. The van der Waals surface area contributed by atoms with Gasteiger partial charge < -0.3 is 9.84 Å². The molecule has 15 heteroatoms. The normalized spacial score (nSPS) is 15.8. The third-order valence-corrected chi connectivity index (χ3v) is 3.79. The molecule has 30 heavy (non-hydrogen) atoms. The van der Waals surface area contributed by atoms with Crippen molar-refractivity contribution < 1.29 is 66.9 Å². The molecule has 0 radical (unpaired) electrons. The van der Waals surface area contributed by atoms with E-state index in [9.17, 15) is 62.2 Å². The Morgan fingerprint density at radius 3 is 1.67 bits per heavy atom. The molecule has 0 saturated heterocycles. The molecule has 0 aliphatic rings. The zero-order chi connectivity index (χ0) is 24.0. The molecule has 0 aromatic heterocycles. The minimum atomic E-state index is -8.02. The van der Waals surface area contributed by atoms with Crippen LogP contribution in [0.3, 0.4) is 0 Å². The van der Waals surface area contributed by atoms with Crippen molar-refractivity contribution in [3.05, 3.63) is 29.8 Å². The van der Waals surface area contributed by atoms with Crippen LogP contribution in [0.5, 0.6) is 5.75 Å². The largest absolute Gasteiger partial charge is 0.494 e. The fourth-order valence-electron chi connectivity index (χ4n) is 2.10. The highest BCUT2D eigenvalue weighted by atomic mass is 19.4. The van der Waals surface area contributed by atoms with Gasteiger partial charge in [-0.1, -0.05) is 12.1 Å². The lowest BCUT2D eigenvalue weighted by Gasteiger charge is -2.40. The lowest BCUT2D eigenvalue weighted by atomic mass is 9.89. The summed E-state index contributed by atoms with van der Waals surface area (Å²) < 4.78 is 175. The summed E-state index contributed by atoms with van der Waals surface area (Å²) in [6.07, 6.45) is -11.5. The first kappa shape index (κ1) is 26.1. The fourth-order valence-corrected chi connectivity index (χ4v) is 2.10. The van der Waals surface area contributed by atoms with E-state index >= 15 is 0 Å². The second-order valence-corrected chi connectivity index (χ2v) is 5.83. The maximum Gasteiger partial charge on any atom is 0.460 e. The SMILES string of the molecule is CCOc1cccc(C(O)C(F)(F)C(F)(F)C(F)(F)C(F)(F)C(F)(F)C(F)(F)F)c1. The molecule has 0 saturated carbocycles. The highest BCUT2D eigenvalue weighted by Gasteiger charge is 2.91. The number of hydrogen-bond donors (Lipinski definition) is 1. The van der Waals surface area contributed by atoms with E-state index in [0.717, 1.165) is 12.1 Å². The smallest absolute Gasteiger partial charge is 0.460 e. The van der Waals surface area contributed by atoms with E-state index < -0.39 is 47.5 Å². The molecular weight excluding hydrogens is 459 g/mol. The zero-order valence-corrected chi connectivity index (χ0v) is 14.4. The summed E-state index contributed by atoms with van der Waals surface area (Å²) in [6.45, 7) is 1.25. The number of hydrogen-bond acceptors (Lipinski definition) is 2. The van der Waals surface area contributed by atoms with Crippen molar-refractivity contribution in [2.45, 2.75) is 48.8 Å². The van der Waals surface area contributed by atoms with Crippen molar-refractivity contribution >= 4 is 0 Å². The van der Waals surface area contributed by atoms with Crippen LogP contribution >= 0.6 is 0 Å². The Morgan fingerprint density at radius 2 is 1.23 bits per heavy atom. The Morgan fingerprint density at radius 1 is 0.767 bits per heavy atom. The molecular formula is C15H11F13O2. The summed E-state index contributed by atoms with van der Waals surface area (Å²) in [5.74, 6) is -38.4. The molecule has 1 rings (SSSR count). The van der Waals surface area contributed by atoms with Gasteiger partial charge in [-0.15, -0.1) is 0 Å². The minimum Gasteiger partial charge on any atom is -0.494 e. The molecule has 1 N–H and O–H groups in total. The summed E-state index contributed by atoms with van der Waals surface area (Å²) in [6, 6.07) is 2.68. The summed E-state index contributed by atoms with van der Waals surface area (Å²) in [4.78, 5) is 0. The van der Waals surface area contributed by atoms with E-state index in [1.165, 1.54) is 6.92 Å². The minimum absolute atomic E-state index is 0.122. The first-order chi connectivity index (χ1) is 13.2. The average Bonchev–Trinajstić information content (AvgIpc) is 2.59. The number of halogens is 13. The predicted molar refractivity (Wildman–Crippen MR) is 73.4 cm³/mol. The molecule has 0 amide bonds. The number of benzene rings is 1. The van der Waals surface area contributed by atoms with Gasteiger partial charge in [0.05, 0.1) is 6.61 Å². The Labute approximate surface area is 159 Å². The highest BCUT2D eigenvalue weighted by Crippen LogP contribution is 2.61. The van der Waals surface area contributed by atoms with Gasteiger partial charge in [0, 0.05) is 0 Å². The fraction of sp³-hybridized carbons (Fsp3) is 0.600. The van der Waals surface area contributed by atoms with Gasteiger partial charge in [0.1, 0.15) is 11.9 Å². The maximum absolute atomic E-state index is 13.9. The molecule has 0 aliphatic heterocycles. The van der Waals surface area contributed by atoms with E-state index in [-0.39, 0.29) is 12.4 Å².